The molecule has 1 N–H and O–H groups in total. The maximum absolute atomic E-state index is 5.64. The SMILES string of the molecule is CN(C)Cc1nnc(C2CCNCC2)o1. The van der Waals surface area contributed by atoms with Crippen LogP contribution in [0.15, 0.2) is 4.42 Å². The van der Waals surface area contributed by atoms with Crippen LogP contribution in [0, 0.1) is 0 Å². The third-order valence-electron chi connectivity index (χ3n) is 2.62. The van der Waals surface area contributed by atoms with Gasteiger partial charge in [0.2, 0.25) is 11.8 Å². The molecule has 0 unspecified atom stereocenters. The minimum atomic E-state index is 0.453. The van der Waals surface area contributed by atoms with Gasteiger partial charge in [0.15, 0.2) is 0 Å². The van der Waals surface area contributed by atoms with Crippen molar-refractivity contribution in [1.82, 2.24) is 20.4 Å². The first-order chi connectivity index (χ1) is 7.25. The fourth-order valence-corrected chi connectivity index (χ4v) is 1.83. The first-order valence-corrected chi connectivity index (χ1v) is 5.43. The third kappa shape index (κ3) is 2.76. The molecule has 1 aromatic rings. The van der Waals surface area contributed by atoms with Crippen LogP contribution in [0.5, 0.6) is 0 Å². The van der Waals surface area contributed by atoms with Gasteiger partial charge in [0.1, 0.15) is 0 Å². The van der Waals surface area contributed by atoms with Crippen molar-refractivity contribution in [3.63, 3.8) is 0 Å². The zero-order valence-electron chi connectivity index (χ0n) is 9.36. The lowest BCUT2D eigenvalue weighted by Gasteiger charge is -2.18. The van der Waals surface area contributed by atoms with Crippen LogP contribution >= 0.6 is 0 Å². The van der Waals surface area contributed by atoms with E-state index in [1.807, 2.05) is 19.0 Å². The van der Waals surface area contributed by atoms with Gasteiger partial charge in [0.25, 0.3) is 0 Å². The largest absolute Gasteiger partial charge is 0.424 e. The summed E-state index contributed by atoms with van der Waals surface area (Å²) in [6.07, 6.45) is 2.20. The summed E-state index contributed by atoms with van der Waals surface area (Å²) in [6.45, 7) is 2.82. The zero-order chi connectivity index (χ0) is 10.7. The minimum Gasteiger partial charge on any atom is -0.424 e. The fraction of sp³-hybridized carbons (Fsp3) is 0.800. The molecule has 84 valence electrons. The van der Waals surface area contributed by atoms with E-state index in [2.05, 4.69) is 15.5 Å². The second-order valence-corrected chi connectivity index (χ2v) is 4.30. The van der Waals surface area contributed by atoms with E-state index in [-0.39, 0.29) is 0 Å². The number of nitrogens with zero attached hydrogens (tertiary/aromatic N) is 3. The van der Waals surface area contributed by atoms with E-state index in [0.717, 1.165) is 38.4 Å². The summed E-state index contributed by atoms with van der Waals surface area (Å²) in [5, 5.41) is 11.5. The normalized spacial score (nSPS) is 18.6. The third-order valence-corrected chi connectivity index (χ3v) is 2.62. The molecule has 0 atom stereocenters. The molecule has 1 aliphatic rings. The number of hydrogen-bond donors (Lipinski definition) is 1. The second kappa shape index (κ2) is 4.72. The molecule has 0 aromatic carbocycles. The Labute approximate surface area is 89.9 Å². The van der Waals surface area contributed by atoms with E-state index in [1.165, 1.54) is 0 Å². The smallest absolute Gasteiger partial charge is 0.230 e. The van der Waals surface area contributed by atoms with Crippen LogP contribution in [0.1, 0.15) is 30.5 Å². The first-order valence-electron chi connectivity index (χ1n) is 5.43. The maximum Gasteiger partial charge on any atom is 0.230 e. The number of aromatic nitrogens is 2. The molecular formula is C10H18N4O. The lowest BCUT2D eigenvalue weighted by atomic mass is 9.98. The minimum absolute atomic E-state index is 0.453. The molecule has 0 bridgehead atoms. The van der Waals surface area contributed by atoms with Crippen molar-refractivity contribution >= 4 is 0 Å². The lowest BCUT2D eigenvalue weighted by Crippen LogP contribution is -2.26. The van der Waals surface area contributed by atoms with Gasteiger partial charge in [-0.2, -0.15) is 0 Å². The van der Waals surface area contributed by atoms with E-state index in [4.69, 9.17) is 4.42 Å². The van der Waals surface area contributed by atoms with Gasteiger partial charge in [-0.15, -0.1) is 10.2 Å². The van der Waals surface area contributed by atoms with Gasteiger partial charge in [0.05, 0.1) is 6.54 Å². The number of rotatable bonds is 3. The summed E-state index contributed by atoms with van der Waals surface area (Å²) in [6, 6.07) is 0. The summed E-state index contributed by atoms with van der Waals surface area (Å²) in [5.74, 6) is 1.98. The van der Waals surface area contributed by atoms with Crippen LogP contribution in [0.2, 0.25) is 0 Å². The molecule has 0 aliphatic carbocycles. The average Bonchev–Trinajstić information content (AvgIpc) is 2.67. The number of piperidine rings is 1. The molecule has 5 nitrogen and oxygen atoms in total. The molecule has 0 spiro atoms. The monoisotopic (exact) mass is 210 g/mol. The van der Waals surface area contributed by atoms with Crippen molar-refractivity contribution in [3.8, 4) is 0 Å². The molecule has 1 aromatic heterocycles. The quantitative estimate of drug-likeness (QED) is 0.791. The summed E-state index contributed by atoms with van der Waals surface area (Å²) in [4.78, 5) is 2.03. The Morgan fingerprint density at radius 3 is 2.73 bits per heavy atom. The Morgan fingerprint density at radius 2 is 2.07 bits per heavy atom. The van der Waals surface area contributed by atoms with Crippen molar-refractivity contribution in [3.05, 3.63) is 11.8 Å². The Balaban J connectivity index is 1.99. The summed E-state index contributed by atoms with van der Waals surface area (Å²) in [7, 11) is 3.99. The summed E-state index contributed by atoms with van der Waals surface area (Å²) in [5.41, 5.74) is 0. The van der Waals surface area contributed by atoms with E-state index in [1.54, 1.807) is 0 Å². The van der Waals surface area contributed by atoms with Crippen molar-refractivity contribution in [1.29, 1.82) is 0 Å². The summed E-state index contributed by atoms with van der Waals surface area (Å²) < 4.78 is 5.64. The highest BCUT2D eigenvalue weighted by Crippen LogP contribution is 2.23. The molecule has 0 saturated carbocycles. The van der Waals surface area contributed by atoms with Gasteiger partial charge in [-0.1, -0.05) is 0 Å². The topological polar surface area (TPSA) is 54.2 Å². The maximum atomic E-state index is 5.64. The van der Waals surface area contributed by atoms with Crippen LogP contribution in [0.25, 0.3) is 0 Å². The first kappa shape index (κ1) is 10.6. The van der Waals surface area contributed by atoms with Gasteiger partial charge in [0, 0.05) is 5.92 Å². The van der Waals surface area contributed by atoms with Crippen molar-refractivity contribution in [2.45, 2.75) is 25.3 Å². The molecule has 1 saturated heterocycles. The van der Waals surface area contributed by atoms with E-state index >= 15 is 0 Å². The molecule has 1 aliphatic heterocycles. The zero-order valence-corrected chi connectivity index (χ0v) is 9.36. The second-order valence-electron chi connectivity index (χ2n) is 4.30. The van der Waals surface area contributed by atoms with E-state index in [9.17, 15) is 0 Å². The fourth-order valence-electron chi connectivity index (χ4n) is 1.83. The van der Waals surface area contributed by atoms with Crippen molar-refractivity contribution in [2.24, 2.45) is 0 Å². The summed E-state index contributed by atoms with van der Waals surface area (Å²) >= 11 is 0. The van der Waals surface area contributed by atoms with Crippen LogP contribution in [-0.2, 0) is 6.54 Å². The molecule has 2 rings (SSSR count). The van der Waals surface area contributed by atoms with Crippen LogP contribution in [-0.4, -0.2) is 42.3 Å². The van der Waals surface area contributed by atoms with Gasteiger partial charge in [-0.3, -0.25) is 0 Å². The van der Waals surface area contributed by atoms with Gasteiger partial charge < -0.3 is 14.6 Å². The van der Waals surface area contributed by atoms with Gasteiger partial charge >= 0.3 is 0 Å². The molecule has 15 heavy (non-hydrogen) atoms. The predicted molar refractivity (Wildman–Crippen MR) is 56.5 cm³/mol. The lowest BCUT2D eigenvalue weighted by molar-refractivity contribution is 0.313. The van der Waals surface area contributed by atoms with E-state index < -0.39 is 0 Å². The molecule has 0 radical (unpaired) electrons. The molecular weight excluding hydrogens is 192 g/mol. The molecule has 1 fully saturated rings. The van der Waals surface area contributed by atoms with Gasteiger partial charge in [-0.25, -0.2) is 0 Å². The van der Waals surface area contributed by atoms with Crippen molar-refractivity contribution < 1.29 is 4.42 Å². The number of hydrogen-bond acceptors (Lipinski definition) is 5. The van der Waals surface area contributed by atoms with Crippen LogP contribution in [0.4, 0.5) is 0 Å². The Morgan fingerprint density at radius 1 is 1.33 bits per heavy atom. The van der Waals surface area contributed by atoms with E-state index in [0.29, 0.717) is 11.8 Å². The highest BCUT2D eigenvalue weighted by atomic mass is 16.4. The van der Waals surface area contributed by atoms with Crippen molar-refractivity contribution in [2.75, 3.05) is 27.2 Å². The Kier molecular flexibility index (Phi) is 3.33. The molecule has 0 amide bonds. The average molecular weight is 210 g/mol. The van der Waals surface area contributed by atoms with Crippen LogP contribution < -0.4 is 5.32 Å². The highest BCUT2D eigenvalue weighted by Gasteiger charge is 2.20. The molecule has 5 heteroatoms. The predicted octanol–water partition coefficient (Wildman–Crippen LogP) is 0.598. The van der Waals surface area contributed by atoms with Crippen LogP contribution in [0.3, 0.4) is 0 Å². The Hall–Kier alpha value is -0.940. The standard InChI is InChI=1S/C10H18N4O/c1-14(2)7-9-12-13-10(15-9)8-3-5-11-6-4-8/h8,11H,3-7H2,1-2H3. The van der Waals surface area contributed by atoms with Gasteiger partial charge in [-0.05, 0) is 40.0 Å². The number of nitrogens with one attached hydrogen (secondary N) is 1. The highest BCUT2D eigenvalue weighted by molar-refractivity contribution is 4.93. The Bertz CT molecular complexity index is 304. The molecule has 2 heterocycles.